The molecule has 0 heterocycles. The lowest BCUT2D eigenvalue weighted by Gasteiger charge is -1.82. The number of phenols is 1. The van der Waals surface area contributed by atoms with Crippen LogP contribution < -0.4 is 0 Å². The van der Waals surface area contributed by atoms with E-state index in [0.29, 0.717) is 5.75 Å². The molecule has 0 radical (unpaired) electrons. The molecule has 0 amide bonds. The number of para-hydroxylation sites is 1. The van der Waals surface area contributed by atoms with Gasteiger partial charge in [0.2, 0.25) is 0 Å². The van der Waals surface area contributed by atoms with Crippen LogP contribution in [-0.2, 0) is 0 Å². The van der Waals surface area contributed by atoms with E-state index in [1.807, 2.05) is 33.8 Å². The number of hydrogen-bond acceptors (Lipinski definition) is 1. The van der Waals surface area contributed by atoms with Crippen molar-refractivity contribution in [1.29, 1.82) is 0 Å². The van der Waals surface area contributed by atoms with Gasteiger partial charge in [0.05, 0.1) is 0 Å². The van der Waals surface area contributed by atoms with E-state index in [1.165, 1.54) is 6.42 Å². The molecule has 0 bridgehead atoms. The summed E-state index contributed by atoms with van der Waals surface area (Å²) in [7, 11) is 0. The fourth-order valence-electron chi connectivity index (χ4n) is 0.428. The summed E-state index contributed by atoms with van der Waals surface area (Å²) in [6, 6.07) is 8.71. The van der Waals surface area contributed by atoms with Crippen LogP contribution in [0.1, 0.15) is 48.0 Å². The second kappa shape index (κ2) is 22.7. The molecule has 0 saturated carbocycles. The molecule has 1 N–H and O–H groups in total. The molecule has 0 spiro atoms. The Morgan fingerprint density at radius 2 is 1.14 bits per heavy atom. The van der Waals surface area contributed by atoms with Crippen LogP contribution in [0.5, 0.6) is 5.75 Å². The molecule has 0 aliphatic heterocycles. The van der Waals surface area contributed by atoms with Crippen LogP contribution in [0.4, 0.5) is 0 Å². The Hall–Kier alpha value is -0.980. The predicted molar refractivity (Wildman–Crippen MR) is 66.8 cm³/mol. The van der Waals surface area contributed by atoms with Gasteiger partial charge in [-0.05, 0) is 12.1 Å². The van der Waals surface area contributed by atoms with Gasteiger partial charge in [-0.25, -0.2) is 0 Å². The van der Waals surface area contributed by atoms with Gasteiger partial charge in [0, 0.05) is 0 Å². The van der Waals surface area contributed by atoms with E-state index in [9.17, 15) is 0 Å². The van der Waals surface area contributed by atoms with Crippen molar-refractivity contribution in [2.45, 2.75) is 48.0 Å². The van der Waals surface area contributed by atoms with Crippen molar-refractivity contribution in [3.8, 4) is 5.75 Å². The molecule has 0 saturated heterocycles. The zero-order valence-electron chi connectivity index (χ0n) is 10.5. The second-order valence-electron chi connectivity index (χ2n) is 2.04. The highest BCUT2D eigenvalue weighted by Crippen LogP contribution is 2.02. The first-order valence-corrected chi connectivity index (χ1v) is 5.55. The molecule has 84 valence electrons. The second-order valence-corrected chi connectivity index (χ2v) is 2.04. The Balaban J connectivity index is -0.000000148. The van der Waals surface area contributed by atoms with Crippen molar-refractivity contribution >= 4 is 0 Å². The fourth-order valence-corrected chi connectivity index (χ4v) is 0.428. The van der Waals surface area contributed by atoms with Crippen molar-refractivity contribution in [1.82, 2.24) is 0 Å². The topological polar surface area (TPSA) is 20.2 Å². The third-order valence-corrected chi connectivity index (χ3v) is 0.756. The average molecular weight is 198 g/mol. The van der Waals surface area contributed by atoms with Crippen molar-refractivity contribution in [2.24, 2.45) is 0 Å². The molecule has 0 aromatic heterocycles. The number of aromatic hydroxyl groups is 1. The molecular formula is C13H26O. The normalized spacial score (nSPS) is 6.43. The highest BCUT2D eigenvalue weighted by atomic mass is 16.3. The van der Waals surface area contributed by atoms with Gasteiger partial charge < -0.3 is 5.11 Å². The molecule has 14 heavy (non-hydrogen) atoms. The lowest BCUT2D eigenvalue weighted by Crippen LogP contribution is -1.56. The van der Waals surface area contributed by atoms with Gasteiger partial charge in [0.15, 0.2) is 0 Å². The Morgan fingerprint density at radius 3 is 1.29 bits per heavy atom. The highest BCUT2D eigenvalue weighted by molar-refractivity contribution is 5.18. The van der Waals surface area contributed by atoms with E-state index in [0.717, 1.165) is 0 Å². The van der Waals surface area contributed by atoms with Gasteiger partial charge in [-0.1, -0.05) is 66.2 Å². The van der Waals surface area contributed by atoms with Crippen molar-refractivity contribution < 1.29 is 5.11 Å². The van der Waals surface area contributed by atoms with Gasteiger partial charge in [-0.2, -0.15) is 0 Å². The van der Waals surface area contributed by atoms with E-state index in [2.05, 4.69) is 13.8 Å². The zero-order chi connectivity index (χ0) is 11.8. The fraction of sp³-hybridized carbons (Fsp3) is 0.538. The first kappa shape index (κ1) is 18.7. The summed E-state index contributed by atoms with van der Waals surface area (Å²) in [5, 5.41) is 8.63. The van der Waals surface area contributed by atoms with E-state index in [1.54, 1.807) is 24.3 Å². The molecule has 1 aromatic rings. The molecule has 1 nitrogen and oxygen atoms in total. The van der Waals surface area contributed by atoms with E-state index < -0.39 is 0 Å². The van der Waals surface area contributed by atoms with Crippen molar-refractivity contribution in [3.05, 3.63) is 30.3 Å². The summed E-state index contributed by atoms with van der Waals surface area (Å²) in [5.41, 5.74) is 0. The molecule has 1 aromatic carbocycles. The van der Waals surface area contributed by atoms with E-state index >= 15 is 0 Å². The smallest absolute Gasteiger partial charge is 0.115 e. The average Bonchev–Trinajstić information content (AvgIpc) is 2.26. The highest BCUT2D eigenvalue weighted by Gasteiger charge is 1.74. The largest absolute Gasteiger partial charge is 0.508 e. The molecule has 1 heteroatoms. The number of hydrogen-bond donors (Lipinski definition) is 1. The van der Waals surface area contributed by atoms with Crippen molar-refractivity contribution in [3.63, 3.8) is 0 Å². The van der Waals surface area contributed by atoms with Crippen molar-refractivity contribution in [2.75, 3.05) is 0 Å². The molecular weight excluding hydrogens is 172 g/mol. The van der Waals surface area contributed by atoms with Crippen LogP contribution in [0.2, 0.25) is 0 Å². The molecule has 0 atom stereocenters. The molecule has 0 unspecified atom stereocenters. The summed E-state index contributed by atoms with van der Waals surface area (Å²) >= 11 is 0. The maximum atomic E-state index is 8.63. The Bertz CT molecular complexity index is 147. The molecule has 0 aliphatic rings. The van der Waals surface area contributed by atoms with Gasteiger partial charge in [0.1, 0.15) is 5.75 Å². The predicted octanol–water partition coefficient (Wildman–Crippen LogP) is 4.86. The van der Waals surface area contributed by atoms with Gasteiger partial charge in [0.25, 0.3) is 0 Å². The third kappa shape index (κ3) is 22.5. The maximum Gasteiger partial charge on any atom is 0.115 e. The summed E-state index contributed by atoms with van der Waals surface area (Å²) in [6.07, 6.45) is 1.25. The first-order chi connectivity index (χ1) is 6.81. The molecule has 1 rings (SSSR count). The number of phenolic OH excluding ortho intramolecular Hbond substituents is 1. The molecule has 0 fully saturated rings. The third-order valence-electron chi connectivity index (χ3n) is 0.756. The minimum Gasteiger partial charge on any atom is -0.508 e. The first-order valence-electron chi connectivity index (χ1n) is 5.55. The van der Waals surface area contributed by atoms with Gasteiger partial charge >= 0.3 is 0 Å². The Kier molecular flexibility index (Phi) is 30.4. The minimum absolute atomic E-state index is 0.322. The SMILES string of the molecule is CC.CC.CCC.Oc1ccccc1. The van der Waals surface area contributed by atoms with Crippen LogP contribution in [0.25, 0.3) is 0 Å². The van der Waals surface area contributed by atoms with Crippen LogP contribution >= 0.6 is 0 Å². The van der Waals surface area contributed by atoms with Gasteiger partial charge in [-0.15, -0.1) is 0 Å². The lowest BCUT2D eigenvalue weighted by molar-refractivity contribution is 0.475. The van der Waals surface area contributed by atoms with E-state index in [-0.39, 0.29) is 0 Å². The van der Waals surface area contributed by atoms with Gasteiger partial charge in [-0.3, -0.25) is 0 Å². The summed E-state index contributed by atoms with van der Waals surface area (Å²) in [5.74, 6) is 0.322. The standard InChI is InChI=1S/C6H6O.C3H8.2C2H6/c7-6-4-2-1-3-5-6;1-3-2;2*1-2/h1-5,7H;3H2,1-2H3;2*1-2H3. The molecule has 0 aliphatic carbocycles. The number of benzene rings is 1. The summed E-state index contributed by atoms with van der Waals surface area (Å²) < 4.78 is 0. The van der Waals surface area contributed by atoms with Crippen LogP contribution in [0.15, 0.2) is 30.3 Å². The quantitative estimate of drug-likeness (QED) is 0.631. The zero-order valence-corrected chi connectivity index (χ0v) is 10.5. The Morgan fingerprint density at radius 1 is 0.857 bits per heavy atom. The minimum atomic E-state index is 0.322. The maximum absolute atomic E-state index is 8.63. The lowest BCUT2D eigenvalue weighted by atomic mass is 10.3. The summed E-state index contributed by atoms with van der Waals surface area (Å²) in [4.78, 5) is 0. The van der Waals surface area contributed by atoms with Crippen LogP contribution in [0.3, 0.4) is 0 Å². The van der Waals surface area contributed by atoms with Crippen LogP contribution in [-0.4, -0.2) is 5.11 Å². The monoisotopic (exact) mass is 198 g/mol. The van der Waals surface area contributed by atoms with Crippen LogP contribution in [0, 0.1) is 0 Å². The van der Waals surface area contributed by atoms with E-state index in [4.69, 9.17) is 5.11 Å². The number of rotatable bonds is 0. The Labute approximate surface area is 89.8 Å². The summed E-state index contributed by atoms with van der Waals surface area (Å²) in [6.45, 7) is 12.2.